The van der Waals surface area contributed by atoms with Gasteiger partial charge in [0.25, 0.3) is 0 Å². The molecule has 1 saturated heterocycles. The lowest BCUT2D eigenvalue weighted by atomic mass is 9.97. The van der Waals surface area contributed by atoms with Gasteiger partial charge in [-0.15, -0.1) is 0 Å². The van der Waals surface area contributed by atoms with E-state index >= 15 is 0 Å². The predicted molar refractivity (Wildman–Crippen MR) is 199 cm³/mol. The summed E-state index contributed by atoms with van der Waals surface area (Å²) in [5.74, 6) is 0.628. The van der Waals surface area contributed by atoms with E-state index in [2.05, 4.69) is 0 Å². The number of ether oxygens (including phenoxy) is 6. The molecule has 0 spiro atoms. The van der Waals surface area contributed by atoms with Crippen LogP contribution in [0.25, 0.3) is 10.8 Å². The summed E-state index contributed by atoms with van der Waals surface area (Å²) in [5, 5.41) is 2.40. The fourth-order valence-corrected chi connectivity index (χ4v) is 6.53. The molecule has 1 fully saturated rings. The molecular formula is C44H41ClO6. The third kappa shape index (κ3) is 9.23. The van der Waals surface area contributed by atoms with Gasteiger partial charge >= 0.3 is 0 Å². The Kier molecular flexibility index (Phi) is 12.0. The van der Waals surface area contributed by atoms with Crippen molar-refractivity contribution in [2.24, 2.45) is 0 Å². The summed E-state index contributed by atoms with van der Waals surface area (Å²) in [4.78, 5) is 0. The summed E-state index contributed by atoms with van der Waals surface area (Å²) >= 11 is 6.61. The molecule has 0 aromatic heterocycles. The van der Waals surface area contributed by atoms with Crippen molar-refractivity contribution in [3.8, 4) is 5.75 Å². The first-order valence-electron chi connectivity index (χ1n) is 17.3. The summed E-state index contributed by atoms with van der Waals surface area (Å²) in [5.41, 5.74) is 4.16. The molecule has 0 N–H and O–H groups in total. The molecule has 7 heteroatoms. The molecule has 260 valence electrons. The molecule has 0 saturated carbocycles. The van der Waals surface area contributed by atoms with E-state index in [-0.39, 0.29) is 6.61 Å². The van der Waals surface area contributed by atoms with Gasteiger partial charge in [-0.25, -0.2) is 0 Å². The second-order valence-corrected chi connectivity index (χ2v) is 12.9. The molecule has 0 amide bonds. The van der Waals surface area contributed by atoms with Gasteiger partial charge in [-0.3, -0.25) is 0 Å². The molecule has 1 aliphatic rings. The van der Waals surface area contributed by atoms with Crippen LogP contribution in [0.4, 0.5) is 0 Å². The maximum atomic E-state index is 6.88. The lowest BCUT2D eigenvalue weighted by Crippen LogP contribution is -2.62. The lowest BCUT2D eigenvalue weighted by molar-refractivity contribution is -0.309. The SMILES string of the molecule is Clc1ccc(O[C@@H]2O[C@H](COCc3ccccc3)[C@H](OCc3ccccc3)[C@H](OCc3ccccc3)[C@H]2OCc2ccccc2)c2ccccc12. The van der Waals surface area contributed by atoms with Crippen LogP contribution in [-0.2, 0) is 50.1 Å². The minimum Gasteiger partial charge on any atom is -0.461 e. The molecule has 6 aromatic rings. The van der Waals surface area contributed by atoms with Crippen LogP contribution in [0.1, 0.15) is 22.3 Å². The Morgan fingerprint density at radius 3 is 1.45 bits per heavy atom. The first-order valence-corrected chi connectivity index (χ1v) is 17.7. The number of fused-ring (bicyclic) bond motifs is 1. The normalized spacial score (nSPS) is 20.3. The summed E-state index contributed by atoms with van der Waals surface area (Å²) in [6.45, 7) is 1.68. The Labute approximate surface area is 304 Å². The van der Waals surface area contributed by atoms with Crippen molar-refractivity contribution in [2.45, 2.75) is 57.1 Å². The Bertz CT molecular complexity index is 1930. The van der Waals surface area contributed by atoms with Gasteiger partial charge in [-0.05, 0) is 34.4 Å². The van der Waals surface area contributed by atoms with Crippen molar-refractivity contribution in [3.63, 3.8) is 0 Å². The summed E-state index contributed by atoms with van der Waals surface area (Å²) in [7, 11) is 0. The smallest absolute Gasteiger partial charge is 0.229 e. The van der Waals surface area contributed by atoms with E-state index in [0.717, 1.165) is 33.0 Å². The minimum absolute atomic E-state index is 0.242. The Morgan fingerprint density at radius 1 is 0.451 bits per heavy atom. The van der Waals surface area contributed by atoms with Crippen LogP contribution in [-0.4, -0.2) is 37.3 Å². The fourth-order valence-electron chi connectivity index (χ4n) is 6.30. The van der Waals surface area contributed by atoms with E-state index in [4.69, 9.17) is 40.0 Å². The Balaban J connectivity index is 1.25. The quantitative estimate of drug-likeness (QED) is 0.106. The van der Waals surface area contributed by atoms with Crippen LogP contribution in [0.5, 0.6) is 5.75 Å². The number of halogens is 1. The van der Waals surface area contributed by atoms with Crippen LogP contribution >= 0.6 is 11.6 Å². The summed E-state index contributed by atoms with van der Waals surface area (Å²) in [6, 6.07) is 52.0. The largest absolute Gasteiger partial charge is 0.461 e. The molecule has 1 heterocycles. The Hall–Kier alpha value is -4.53. The zero-order chi connectivity index (χ0) is 34.7. The molecule has 5 atom stereocenters. The van der Waals surface area contributed by atoms with Gasteiger partial charge in [-0.2, -0.15) is 0 Å². The van der Waals surface area contributed by atoms with Crippen molar-refractivity contribution in [2.75, 3.05) is 6.61 Å². The van der Waals surface area contributed by atoms with E-state index in [1.807, 2.05) is 158 Å². The summed E-state index contributed by atoms with van der Waals surface area (Å²) < 4.78 is 40.4. The molecule has 0 unspecified atom stereocenters. The van der Waals surface area contributed by atoms with Crippen LogP contribution in [0.2, 0.25) is 5.02 Å². The topological polar surface area (TPSA) is 55.4 Å². The maximum Gasteiger partial charge on any atom is 0.229 e. The van der Waals surface area contributed by atoms with Crippen molar-refractivity contribution in [1.29, 1.82) is 0 Å². The van der Waals surface area contributed by atoms with Gasteiger partial charge in [0.1, 0.15) is 30.2 Å². The molecule has 6 aromatic carbocycles. The molecular weight excluding hydrogens is 660 g/mol. The first kappa shape index (κ1) is 34.9. The molecule has 6 nitrogen and oxygen atoms in total. The lowest BCUT2D eigenvalue weighted by Gasteiger charge is -2.45. The number of benzene rings is 6. The van der Waals surface area contributed by atoms with Crippen molar-refractivity contribution < 1.29 is 28.4 Å². The molecule has 1 aliphatic heterocycles. The van der Waals surface area contributed by atoms with Crippen LogP contribution in [0, 0.1) is 0 Å². The molecule has 7 rings (SSSR count). The van der Waals surface area contributed by atoms with E-state index in [1.54, 1.807) is 0 Å². The zero-order valence-corrected chi connectivity index (χ0v) is 29.0. The van der Waals surface area contributed by atoms with Crippen molar-refractivity contribution in [3.05, 3.63) is 185 Å². The standard InChI is InChI=1S/C44H41ClO6/c45-38-25-26-39(37-24-14-13-23-36(37)38)50-44-43(49-30-35-21-11-4-12-22-35)42(48-29-34-19-9-3-10-20-34)41(47-28-33-17-7-2-8-18-33)40(51-44)31-46-27-32-15-5-1-6-16-32/h1-26,40-44H,27-31H2/t40-,41+,42+,43-,44-/m1/s1. The molecule has 0 aliphatic carbocycles. The van der Waals surface area contributed by atoms with Crippen LogP contribution < -0.4 is 4.74 Å². The zero-order valence-electron chi connectivity index (χ0n) is 28.3. The average molecular weight is 701 g/mol. The van der Waals surface area contributed by atoms with Crippen LogP contribution in [0.15, 0.2) is 158 Å². The van der Waals surface area contributed by atoms with E-state index < -0.39 is 30.7 Å². The van der Waals surface area contributed by atoms with E-state index in [0.29, 0.717) is 37.2 Å². The summed E-state index contributed by atoms with van der Waals surface area (Å²) in [6.07, 6.45) is -3.28. The van der Waals surface area contributed by atoms with E-state index in [1.165, 1.54) is 0 Å². The number of rotatable bonds is 15. The van der Waals surface area contributed by atoms with Crippen molar-refractivity contribution in [1.82, 2.24) is 0 Å². The van der Waals surface area contributed by atoms with Gasteiger partial charge in [0.15, 0.2) is 0 Å². The maximum absolute atomic E-state index is 6.88. The highest BCUT2D eigenvalue weighted by molar-refractivity contribution is 6.35. The molecule has 0 radical (unpaired) electrons. The third-order valence-electron chi connectivity index (χ3n) is 8.91. The van der Waals surface area contributed by atoms with E-state index in [9.17, 15) is 0 Å². The highest BCUT2D eigenvalue weighted by Crippen LogP contribution is 2.36. The van der Waals surface area contributed by atoms with Gasteiger partial charge < -0.3 is 28.4 Å². The van der Waals surface area contributed by atoms with Gasteiger partial charge in [0.2, 0.25) is 6.29 Å². The highest BCUT2D eigenvalue weighted by Gasteiger charge is 2.50. The molecule has 51 heavy (non-hydrogen) atoms. The number of hydrogen-bond donors (Lipinski definition) is 0. The third-order valence-corrected chi connectivity index (χ3v) is 9.24. The second kappa shape index (κ2) is 17.6. The van der Waals surface area contributed by atoms with Gasteiger partial charge in [0.05, 0.1) is 33.0 Å². The minimum atomic E-state index is -0.874. The Morgan fingerprint density at radius 2 is 0.902 bits per heavy atom. The van der Waals surface area contributed by atoms with Crippen molar-refractivity contribution >= 4 is 22.4 Å². The fraction of sp³-hybridized carbons (Fsp3) is 0.227. The monoisotopic (exact) mass is 700 g/mol. The average Bonchev–Trinajstić information content (AvgIpc) is 3.19. The predicted octanol–water partition coefficient (Wildman–Crippen LogP) is 9.57. The highest BCUT2D eigenvalue weighted by atomic mass is 35.5. The molecule has 0 bridgehead atoms. The second-order valence-electron chi connectivity index (χ2n) is 12.5. The van der Waals surface area contributed by atoms with Crippen LogP contribution in [0.3, 0.4) is 0 Å². The first-order chi connectivity index (χ1) is 25.2. The van der Waals surface area contributed by atoms with Gasteiger partial charge in [-0.1, -0.05) is 157 Å². The van der Waals surface area contributed by atoms with Gasteiger partial charge in [0, 0.05) is 15.8 Å². The number of hydrogen-bond acceptors (Lipinski definition) is 6.